The summed E-state index contributed by atoms with van der Waals surface area (Å²) in [7, 11) is 1.74. The maximum atomic E-state index is 12.2. The van der Waals surface area contributed by atoms with Gasteiger partial charge >= 0.3 is 0 Å². The smallest absolute Gasteiger partial charge is 0.222 e. The number of amides is 1. The second kappa shape index (κ2) is 7.10. The van der Waals surface area contributed by atoms with Gasteiger partial charge in [0.1, 0.15) is 0 Å². The minimum atomic E-state index is 0.338. The lowest BCUT2D eigenvalue weighted by molar-refractivity contribution is -0.133. The molecule has 1 amide bonds. The van der Waals surface area contributed by atoms with E-state index in [0.29, 0.717) is 24.3 Å². The molecule has 0 spiro atoms. The van der Waals surface area contributed by atoms with Gasteiger partial charge < -0.3 is 15.0 Å². The molecule has 4 heteroatoms. The van der Waals surface area contributed by atoms with Gasteiger partial charge in [0.2, 0.25) is 5.91 Å². The summed E-state index contributed by atoms with van der Waals surface area (Å²) in [6.07, 6.45) is 6.53. The van der Waals surface area contributed by atoms with Gasteiger partial charge in [-0.25, -0.2) is 0 Å². The van der Waals surface area contributed by atoms with Crippen molar-refractivity contribution in [1.82, 2.24) is 10.2 Å². The van der Waals surface area contributed by atoms with Gasteiger partial charge in [0.15, 0.2) is 0 Å². The molecule has 2 aliphatic heterocycles. The second-order valence-electron chi connectivity index (χ2n) is 5.64. The normalized spacial score (nSPS) is 28.6. The number of nitrogens with one attached hydrogen (secondary N) is 1. The Morgan fingerprint density at radius 2 is 2.28 bits per heavy atom. The van der Waals surface area contributed by atoms with E-state index < -0.39 is 0 Å². The molecule has 2 saturated heterocycles. The van der Waals surface area contributed by atoms with Gasteiger partial charge in [-0.1, -0.05) is 0 Å². The van der Waals surface area contributed by atoms with Gasteiger partial charge in [0.25, 0.3) is 0 Å². The Morgan fingerprint density at radius 1 is 1.39 bits per heavy atom. The summed E-state index contributed by atoms with van der Waals surface area (Å²) >= 11 is 0. The highest BCUT2D eigenvalue weighted by Crippen LogP contribution is 2.19. The van der Waals surface area contributed by atoms with Crippen LogP contribution in [0.1, 0.15) is 38.5 Å². The van der Waals surface area contributed by atoms with E-state index >= 15 is 0 Å². The molecule has 0 saturated carbocycles. The Labute approximate surface area is 110 Å². The molecule has 4 nitrogen and oxygen atoms in total. The van der Waals surface area contributed by atoms with Crippen LogP contribution < -0.4 is 5.32 Å². The van der Waals surface area contributed by atoms with Crippen molar-refractivity contribution in [2.24, 2.45) is 5.92 Å². The van der Waals surface area contributed by atoms with Crippen LogP contribution in [-0.4, -0.2) is 50.2 Å². The summed E-state index contributed by atoms with van der Waals surface area (Å²) < 4.78 is 5.20. The van der Waals surface area contributed by atoms with Gasteiger partial charge in [0.05, 0.1) is 6.61 Å². The number of rotatable bonds is 5. The van der Waals surface area contributed by atoms with Crippen LogP contribution in [0.4, 0.5) is 0 Å². The average molecular weight is 254 g/mol. The highest BCUT2D eigenvalue weighted by atomic mass is 16.5. The van der Waals surface area contributed by atoms with Gasteiger partial charge in [-0.15, -0.1) is 0 Å². The largest absolute Gasteiger partial charge is 0.384 e. The zero-order valence-electron chi connectivity index (χ0n) is 11.5. The number of carbonyl (C=O) groups is 1. The first-order chi connectivity index (χ1) is 8.79. The number of ether oxygens (including phenoxy) is 1. The van der Waals surface area contributed by atoms with Crippen molar-refractivity contribution in [3.05, 3.63) is 0 Å². The van der Waals surface area contributed by atoms with E-state index in [1.54, 1.807) is 7.11 Å². The lowest BCUT2D eigenvalue weighted by atomic mass is 9.98. The van der Waals surface area contributed by atoms with Crippen LogP contribution in [0.2, 0.25) is 0 Å². The molecule has 104 valence electrons. The third-order valence-corrected chi connectivity index (χ3v) is 4.14. The van der Waals surface area contributed by atoms with Crippen molar-refractivity contribution >= 4 is 5.91 Å². The van der Waals surface area contributed by atoms with Crippen LogP contribution in [0.5, 0.6) is 0 Å². The number of likely N-dealkylation sites (tertiary alicyclic amines) is 1. The van der Waals surface area contributed by atoms with Crippen molar-refractivity contribution < 1.29 is 9.53 Å². The quantitative estimate of drug-likeness (QED) is 0.806. The third kappa shape index (κ3) is 3.95. The molecule has 2 rings (SSSR count). The number of hydrogen-bond acceptors (Lipinski definition) is 3. The predicted octanol–water partition coefficient (Wildman–Crippen LogP) is 1.40. The number of hydrogen-bond donors (Lipinski definition) is 1. The summed E-state index contributed by atoms with van der Waals surface area (Å²) in [6.45, 7) is 3.74. The molecule has 0 bridgehead atoms. The van der Waals surface area contributed by atoms with Crippen molar-refractivity contribution in [2.45, 2.75) is 44.6 Å². The van der Waals surface area contributed by atoms with Crippen LogP contribution in [0.25, 0.3) is 0 Å². The maximum Gasteiger partial charge on any atom is 0.222 e. The van der Waals surface area contributed by atoms with E-state index in [-0.39, 0.29) is 0 Å². The maximum absolute atomic E-state index is 12.2. The molecule has 0 aromatic heterocycles. The first kappa shape index (κ1) is 13.8. The Hall–Kier alpha value is -0.610. The van der Waals surface area contributed by atoms with E-state index in [9.17, 15) is 4.79 Å². The fraction of sp³-hybridized carbons (Fsp3) is 0.929. The second-order valence-corrected chi connectivity index (χ2v) is 5.64. The number of carbonyl (C=O) groups excluding carboxylic acids is 1. The van der Waals surface area contributed by atoms with E-state index in [4.69, 9.17) is 4.74 Å². The van der Waals surface area contributed by atoms with Gasteiger partial charge in [-0.3, -0.25) is 4.79 Å². The minimum Gasteiger partial charge on any atom is -0.384 e. The number of piperidine rings is 1. The molecule has 1 N–H and O–H groups in total. The SMILES string of the molecule is COCC1CCCN(C(=O)CCC2CCCN2)C1. The number of nitrogens with zero attached hydrogens (tertiary/aromatic N) is 1. The monoisotopic (exact) mass is 254 g/mol. The summed E-state index contributed by atoms with van der Waals surface area (Å²) in [5.41, 5.74) is 0. The topological polar surface area (TPSA) is 41.6 Å². The van der Waals surface area contributed by atoms with Gasteiger partial charge in [-0.05, 0) is 44.6 Å². The zero-order valence-corrected chi connectivity index (χ0v) is 11.5. The molecule has 2 aliphatic rings. The first-order valence-electron chi connectivity index (χ1n) is 7.29. The third-order valence-electron chi connectivity index (χ3n) is 4.14. The van der Waals surface area contributed by atoms with E-state index in [0.717, 1.165) is 39.1 Å². The lowest BCUT2D eigenvalue weighted by Crippen LogP contribution is -2.41. The molecule has 0 aromatic carbocycles. The Bertz CT molecular complexity index is 263. The summed E-state index contributed by atoms with van der Waals surface area (Å²) in [5, 5.41) is 3.45. The zero-order chi connectivity index (χ0) is 12.8. The van der Waals surface area contributed by atoms with E-state index in [2.05, 4.69) is 5.32 Å². The summed E-state index contributed by atoms with van der Waals surface area (Å²) in [4.78, 5) is 14.2. The molecule has 2 atom stereocenters. The first-order valence-corrected chi connectivity index (χ1v) is 7.29. The molecule has 0 radical (unpaired) electrons. The van der Waals surface area contributed by atoms with E-state index in [1.165, 1.54) is 19.3 Å². The van der Waals surface area contributed by atoms with Crippen LogP contribution in [0.15, 0.2) is 0 Å². The minimum absolute atomic E-state index is 0.338. The van der Waals surface area contributed by atoms with Crippen molar-refractivity contribution in [1.29, 1.82) is 0 Å². The molecule has 18 heavy (non-hydrogen) atoms. The highest BCUT2D eigenvalue weighted by molar-refractivity contribution is 5.76. The molecular formula is C14H26N2O2. The van der Waals surface area contributed by atoms with Crippen LogP contribution in [-0.2, 0) is 9.53 Å². The molecule has 0 aromatic rings. The molecule has 2 fully saturated rings. The van der Waals surface area contributed by atoms with Crippen LogP contribution in [0.3, 0.4) is 0 Å². The molecular weight excluding hydrogens is 228 g/mol. The predicted molar refractivity (Wildman–Crippen MR) is 71.4 cm³/mol. The van der Waals surface area contributed by atoms with Crippen molar-refractivity contribution in [2.75, 3.05) is 33.4 Å². The Kier molecular flexibility index (Phi) is 5.45. The highest BCUT2D eigenvalue weighted by Gasteiger charge is 2.24. The fourth-order valence-corrected chi connectivity index (χ4v) is 3.12. The van der Waals surface area contributed by atoms with Gasteiger partial charge in [-0.2, -0.15) is 0 Å². The van der Waals surface area contributed by atoms with Crippen LogP contribution in [0, 0.1) is 5.92 Å². The summed E-state index contributed by atoms with van der Waals surface area (Å²) in [6, 6.07) is 0.577. The van der Waals surface area contributed by atoms with Crippen molar-refractivity contribution in [3.63, 3.8) is 0 Å². The van der Waals surface area contributed by atoms with Gasteiger partial charge in [0, 0.05) is 32.7 Å². The number of methoxy groups -OCH3 is 1. The lowest BCUT2D eigenvalue weighted by Gasteiger charge is -2.32. The van der Waals surface area contributed by atoms with E-state index in [1.807, 2.05) is 4.90 Å². The fourth-order valence-electron chi connectivity index (χ4n) is 3.12. The van der Waals surface area contributed by atoms with Crippen molar-refractivity contribution in [3.8, 4) is 0 Å². The molecule has 0 aliphatic carbocycles. The average Bonchev–Trinajstić information content (AvgIpc) is 2.90. The molecule has 2 unspecified atom stereocenters. The van der Waals surface area contributed by atoms with Crippen LogP contribution >= 0.6 is 0 Å². The summed E-state index contributed by atoms with van der Waals surface area (Å²) in [5.74, 6) is 0.877. The standard InChI is InChI=1S/C14H26N2O2/c1-18-11-12-4-3-9-16(10-12)14(17)7-6-13-5-2-8-15-13/h12-13,15H,2-11H2,1H3. The Balaban J connectivity index is 1.70. The molecule has 2 heterocycles. The Morgan fingerprint density at radius 3 is 3.00 bits per heavy atom.